The zero-order valence-electron chi connectivity index (χ0n) is 30.4. The summed E-state index contributed by atoms with van der Waals surface area (Å²) in [5.74, 6) is 1.36. The molecule has 4 unspecified atom stereocenters. The predicted molar refractivity (Wildman–Crippen MR) is 197 cm³/mol. The van der Waals surface area contributed by atoms with Crippen LogP contribution in [-0.4, -0.2) is 87.8 Å². The van der Waals surface area contributed by atoms with Crippen molar-refractivity contribution in [2.45, 2.75) is 42.5 Å². The third-order valence-corrected chi connectivity index (χ3v) is 11.1. The van der Waals surface area contributed by atoms with E-state index in [9.17, 15) is 9.59 Å². The first kappa shape index (κ1) is 38.3. The molecule has 280 valence electrons. The third kappa shape index (κ3) is 7.16. The Labute approximate surface area is 309 Å². The molecule has 2 fully saturated rings. The minimum Gasteiger partial charge on any atom is -0.497 e. The maximum absolute atomic E-state index is 13.4. The second-order valence-electron chi connectivity index (χ2n) is 12.9. The molecule has 53 heavy (non-hydrogen) atoms. The topological polar surface area (TPSA) is 133 Å². The molecule has 5 atom stereocenters. The number of aryl methyl sites for hydroxylation is 1. The molecule has 0 aliphatic carbocycles. The fourth-order valence-corrected chi connectivity index (χ4v) is 8.51. The lowest BCUT2D eigenvalue weighted by atomic mass is 9.76. The van der Waals surface area contributed by atoms with Crippen molar-refractivity contribution in [3.05, 3.63) is 140 Å². The molecule has 14 heteroatoms. The molecule has 13 nitrogen and oxygen atoms in total. The molecule has 3 heterocycles. The zero-order valence-corrected chi connectivity index (χ0v) is 31.3. The van der Waals surface area contributed by atoms with Gasteiger partial charge in [0.1, 0.15) is 41.0 Å². The lowest BCUT2D eigenvalue weighted by Gasteiger charge is -2.50. The Balaban J connectivity index is 1.54. The van der Waals surface area contributed by atoms with Crippen molar-refractivity contribution in [1.82, 2.24) is 9.55 Å². The van der Waals surface area contributed by atoms with Gasteiger partial charge < -0.3 is 42.3 Å². The minimum absolute atomic E-state index is 0.0156. The van der Waals surface area contributed by atoms with E-state index >= 15 is 0 Å². The van der Waals surface area contributed by atoms with Crippen molar-refractivity contribution in [3.63, 3.8) is 0 Å². The van der Waals surface area contributed by atoms with Gasteiger partial charge in [0, 0.05) is 38.6 Å². The second-order valence-corrected chi connectivity index (χ2v) is 14.2. The highest BCUT2D eigenvalue weighted by Crippen LogP contribution is 2.58. The van der Waals surface area contributed by atoms with Crippen molar-refractivity contribution in [2.24, 2.45) is 0 Å². The molecule has 3 aromatic carbocycles. The van der Waals surface area contributed by atoms with Crippen LogP contribution in [0.4, 0.5) is 0 Å². The molecule has 1 aromatic heterocycles. The van der Waals surface area contributed by atoms with E-state index < -0.39 is 48.8 Å². The minimum atomic E-state index is -1.60. The number of rotatable bonds is 15. The quantitative estimate of drug-likeness (QED) is 0.0749. The van der Waals surface area contributed by atoms with Gasteiger partial charge in [-0.1, -0.05) is 54.6 Å². The number of aromatic nitrogens is 2. The highest BCUT2D eigenvalue weighted by molar-refractivity contribution is 7.46. The molecule has 6 rings (SSSR count). The summed E-state index contributed by atoms with van der Waals surface area (Å²) >= 11 is 0. The molecule has 0 amide bonds. The number of aromatic amines is 1. The first-order chi connectivity index (χ1) is 25.7. The summed E-state index contributed by atoms with van der Waals surface area (Å²) in [6.07, 6.45) is -0.193. The number of hydrogen-bond acceptors (Lipinski definition) is 10. The summed E-state index contributed by atoms with van der Waals surface area (Å²) in [5, 5.41) is 0. The monoisotopic (exact) mass is 745 g/mol. The largest absolute Gasteiger partial charge is 0.497 e. The summed E-state index contributed by atoms with van der Waals surface area (Å²) in [7, 11) is 3.17. The number of methoxy groups -OCH3 is 3. The standard InChI is InChI=1S/C39H44N3O10P/c1-27-24-42(36(44)41-34(27)43)35-33(47-5)38(52-53(6)50-23-21-40-2)20-22-48-25-37(38,51-35)26-49-39(28-10-8-7-9-11-28,29-12-16-31(45-3)17-13-29)30-14-18-32(46-4)19-15-30/h7-19,24,33,35H,20-23,25-26H2,1,3-6H3,(H,41,43,44)/t33?,35-,37?,38?,53?/m1/s1. The lowest BCUT2D eigenvalue weighted by molar-refractivity contribution is -0.234. The smallest absolute Gasteiger partial charge is 0.330 e. The van der Waals surface area contributed by atoms with Gasteiger partial charge in [0.15, 0.2) is 14.6 Å². The summed E-state index contributed by atoms with van der Waals surface area (Å²) in [6.45, 7) is 11.2. The molecule has 0 radical (unpaired) electrons. The van der Waals surface area contributed by atoms with E-state index in [1.807, 2.05) is 85.5 Å². The number of nitrogens with zero attached hydrogens (tertiary/aromatic N) is 2. The molecular weight excluding hydrogens is 701 g/mol. The number of hydrogen-bond donors (Lipinski definition) is 1. The van der Waals surface area contributed by atoms with Crippen LogP contribution in [0.25, 0.3) is 4.85 Å². The maximum Gasteiger partial charge on any atom is 0.330 e. The Morgan fingerprint density at radius 3 is 2.17 bits per heavy atom. The van der Waals surface area contributed by atoms with Crippen molar-refractivity contribution >= 4 is 8.38 Å². The van der Waals surface area contributed by atoms with Gasteiger partial charge in [-0.15, -0.1) is 0 Å². The summed E-state index contributed by atoms with van der Waals surface area (Å²) in [4.78, 5) is 31.7. The van der Waals surface area contributed by atoms with Gasteiger partial charge >= 0.3 is 5.69 Å². The number of nitrogens with one attached hydrogen (secondary N) is 1. The third-order valence-electron chi connectivity index (χ3n) is 9.93. The first-order valence-corrected chi connectivity index (χ1v) is 18.8. The van der Waals surface area contributed by atoms with Gasteiger partial charge in [0.2, 0.25) is 6.54 Å². The van der Waals surface area contributed by atoms with Gasteiger partial charge in [0.05, 0.1) is 27.4 Å². The number of H-pyrrole nitrogens is 1. The van der Waals surface area contributed by atoms with E-state index in [1.54, 1.807) is 21.1 Å². The fraction of sp³-hybridized carbons (Fsp3) is 0.410. The summed E-state index contributed by atoms with van der Waals surface area (Å²) in [6, 6.07) is 25.2. The van der Waals surface area contributed by atoms with E-state index in [2.05, 4.69) is 9.83 Å². The molecule has 2 aliphatic heterocycles. The van der Waals surface area contributed by atoms with E-state index in [-0.39, 0.29) is 26.4 Å². The molecule has 1 N–H and O–H groups in total. The van der Waals surface area contributed by atoms with Crippen LogP contribution >= 0.6 is 8.38 Å². The molecule has 2 saturated heterocycles. The number of fused-ring (bicyclic) bond motifs is 1. The van der Waals surface area contributed by atoms with Crippen LogP contribution in [-0.2, 0) is 33.6 Å². The normalized spacial score (nSPS) is 23.2. The van der Waals surface area contributed by atoms with Crippen LogP contribution in [0.5, 0.6) is 11.5 Å². The SMILES string of the molecule is [C-]#[N+]CCOP(C)OC12CCOCC1(COC(c1ccccc1)(c1ccc(OC)cc1)c1ccc(OC)cc1)O[C@@H](n1cc(C)c(=O)[nH]c1=O)C2OC. The Hall–Kier alpha value is -4.38. The Morgan fingerprint density at radius 1 is 0.962 bits per heavy atom. The predicted octanol–water partition coefficient (Wildman–Crippen LogP) is 5.21. The number of ether oxygens (including phenoxy) is 6. The molecule has 0 saturated carbocycles. The molecule has 0 bridgehead atoms. The van der Waals surface area contributed by atoms with Gasteiger partial charge in [-0.3, -0.25) is 14.3 Å². The highest BCUT2D eigenvalue weighted by Gasteiger charge is 2.70. The molecule has 2 aliphatic rings. The van der Waals surface area contributed by atoms with Crippen LogP contribution in [0.1, 0.15) is 34.9 Å². The second kappa shape index (κ2) is 16.3. The number of benzene rings is 3. The molecule has 0 spiro atoms. The molecule has 4 aromatic rings. The zero-order chi connectivity index (χ0) is 37.6. The van der Waals surface area contributed by atoms with Crippen molar-refractivity contribution in [1.29, 1.82) is 0 Å². The van der Waals surface area contributed by atoms with Gasteiger partial charge in [0.25, 0.3) is 5.56 Å². The fourth-order valence-electron chi connectivity index (χ4n) is 7.30. The van der Waals surface area contributed by atoms with E-state index in [0.717, 1.165) is 16.7 Å². The van der Waals surface area contributed by atoms with Gasteiger partial charge in [-0.25, -0.2) is 11.4 Å². The Bertz CT molecular complexity index is 1950. The average Bonchev–Trinajstić information content (AvgIpc) is 3.46. The summed E-state index contributed by atoms with van der Waals surface area (Å²) in [5.41, 5.74) is -2.30. The Kier molecular flexibility index (Phi) is 11.8. The lowest BCUT2D eigenvalue weighted by Crippen LogP contribution is -2.66. The van der Waals surface area contributed by atoms with E-state index in [0.29, 0.717) is 30.1 Å². The van der Waals surface area contributed by atoms with Gasteiger partial charge in [-0.05, 0) is 47.9 Å². The van der Waals surface area contributed by atoms with Crippen molar-refractivity contribution in [2.75, 3.05) is 61.0 Å². The first-order valence-electron chi connectivity index (χ1n) is 17.1. The van der Waals surface area contributed by atoms with Crippen LogP contribution in [0, 0.1) is 13.5 Å². The highest BCUT2D eigenvalue weighted by atomic mass is 31.2. The average molecular weight is 746 g/mol. The van der Waals surface area contributed by atoms with Crippen molar-refractivity contribution in [3.8, 4) is 11.5 Å². The van der Waals surface area contributed by atoms with Crippen LogP contribution in [0.2, 0.25) is 0 Å². The van der Waals surface area contributed by atoms with Gasteiger partial charge in [-0.2, -0.15) is 0 Å². The molecular formula is C39H44N3O10P. The van der Waals surface area contributed by atoms with Crippen molar-refractivity contribution < 1.29 is 37.5 Å². The van der Waals surface area contributed by atoms with E-state index in [4.69, 9.17) is 44.0 Å². The van der Waals surface area contributed by atoms with Crippen LogP contribution < -0.4 is 20.7 Å². The van der Waals surface area contributed by atoms with Crippen LogP contribution in [0.15, 0.2) is 94.6 Å². The summed E-state index contributed by atoms with van der Waals surface area (Å²) < 4.78 is 52.2. The van der Waals surface area contributed by atoms with E-state index in [1.165, 1.54) is 17.9 Å². The van der Waals surface area contributed by atoms with Crippen LogP contribution in [0.3, 0.4) is 0 Å². The Morgan fingerprint density at radius 2 is 1.58 bits per heavy atom. The maximum atomic E-state index is 13.4.